The third-order valence-electron chi connectivity index (χ3n) is 6.76. The van der Waals surface area contributed by atoms with E-state index >= 15 is 0 Å². The smallest absolute Gasteiger partial charge is 0.272 e. The minimum Gasteiger partial charge on any atom is -0.321 e. The number of hydrogen-bond donors (Lipinski definition) is 3. The molecule has 1 atom stereocenters. The fraction of sp³-hybridized carbons (Fsp3) is 0.114. The van der Waals surface area contributed by atoms with E-state index in [1.807, 2.05) is 55.5 Å². The summed E-state index contributed by atoms with van der Waals surface area (Å²) in [5.74, 6) is -1.08. The van der Waals surface area contributed by atoms with E-state index < -0.39 is 17.1 Å². The first-order chi connectivity index (χ1) is 21.7. The highest BCUT2D eigenvalue weighted by Crippen LogP contribution is 2.26. The second-order valence-corrected chi connectivity index (χ2v) is 11.7. The van der Waals surface area contributed by atoms with Crippen molar-refractivity contribution in [3.63, 3.8) is 0 Å². The van der Waals surface area contributed by atoms with Gasteiger partial charge in [-0.15, -0.1) is 11.8 Å². The summed E-state index contributed by atoms with van der Waals surface area (Å²) in [6.07, 6.45) is 1.64. The monoisotopic (exact) mass is 617 g/mol. The van der Waals surface area contributed by atoms with E-state index in [9.17, 15) is 19.2 Å². The molecule has 45 heavy (non-hydrogen) atoms. The molecule has 9 nitrogen and oxygen atoms in total. The van der Waals surface area contributed by atoms with E-state index in [4.69, 9.17) is 0 Å². The van der Waals surface area contributed by atoms with Gasteiger partial charge in [0.1, 0.15) is 11.5 Å². The Morgan fingerprint density at radius 2 is 1.49 bits per heavy atom. The largest absolute Gasteiger partial charge is 0.321 e. The fourth-order valence-corrected chi connectivity index (χ4v) is 5.23. The van der Waals surface area contributed by atoms with E-state index in [0.29, 0.717) is 22.8 Å². The van der Waals surface area contributed by atoms with Gasteiger partial charge in [0, 0.05) is 16.1 Å². The molecule has 4 aromatic carbocycles. The molecule has 1 aliphatic heterocycles. The number of anilines is 2. The zero-order valence-corrected chi connectivity index (χ0v) is 25.5. The molecule has 0 saturated carbocycles. The zero-order valence-electron chi connectivity index (χ0n) is 24.7. The van der Waals surface area contributed by atoms with Gasteiger partial charge < -0.3 is 16.0 Å². The Labute approximate surface area is 265 Å². The number of nitrogens with one attached hydrogen (secondary N) is 3. The van der Waals surface area contributed by atoms with Crippen LogP contribution in [0.5, 0.6) is 0 Å². The van der Waals surface area contributed by atoms with Gasteiger partial charge in [-0.1, -0.05) is 66.2 Å². The molecule has 4 amide bonds. The highest BCUT2D eigenvalue weighted by atomic mass is 32.2. The lowest BCUT2D eigenvalue weighted by Gasteiger charge is -2.13. The quantitative estimate of drug-likeness (QED) is 0.163. The van der Waals surface area contributed by atoms with Crippen LogP contribution in [0, 0.1) is 6.92 Å². The van der Waals surface area contributed by atoms with Crippen molar-refractivity contribution in [2.45, 2.75) is 30.4 Å². The van der Waals surface area contributed by atoms with Gasteiger partial charge in [0.05, 0.1) is 17.4 Å². The summed E-state index contributed by atoms with van der Waals surface area (Å²) in [7, 11) is 0. The van der Waals surface area contributed by atoms with Gasteiger partial charge in [0.2, 0.25) is 5.91 Å². The van der Waals surface area contributed by atoms with Crippen molar-refractivity contribution in [3.8, 4) is 0 Å². The van der Waals surface area contributed by atoms with Gasteiger partial charge in [-0.3, -0.25) is 19.2 Å². The molecule has 0 bridgehead atoms. The first kappa shape index (κ1) is 31.0. The van der Waals surface area contributed by atoms with Crippen molar-refractivity contribution in [2.75, 3.05) is 10.3 Å². The van der Waals surface area contributed by atoms with Crippen LogP contribution in [0.3, 0.4) is 0 Å². The van der Waals surface area contributed by atoms with Crippen molar-refractivity contribution in [1.29, 1.82) is 0 Å². The Bertz CT molecular complexity index is 1760. The first-order valence-electron chi connectivity index (χ1n) is 14.2. The Hall–Kier alpha value is -5.48. The summed E-state index contributed by atoms with van der Waals surface area (Å²) >= 11 is 1.33. The maximum atomic E-state index is 13.3. The second kappa shape index (κ2) is 14.3. The summed E-state index contributed by atoms with van der Waals surface area (Å²) in [5.41, 5.74) is 3.52. The van der Waals surface area contributed by atoms with Crippen molar-refractivity contribution in [3.05, 3.63) is 132 Å². The van der Waals surface area contributed by atoms with Crippen molar-refractivity contribution >= 4 is 58.7 Å². The normalized spacial score (nSPS) is 13.6. The molecule has 3 N–H and O–H groups in total. The van der Waals surface area contributed by atoms with Gasteiger partial charge in [0.15, 0.2) is 0 Å². The molecular weight excluding hydrogens is 586 g/mol. The molecule has 5 rings (SSSR count). The molecular formula is C35H31N5O4S. The third-order valence-corrected chi connectivity index (χ3v) is 7.87. The van der Waals surface area contributed by atoms with Crippen LogP contribution < -0.4 is 21.0 Å². The Morgan fingerprint density at radius 3 is 2.16 bits per heavy atom. The highest BCUT2D eigenvalue weighted by molar-refractivity contribution is 8.00. The SMILES string of the molecule is Cc1ccc(/C=C(\NC(=O)c2ccccc2)C(=O)Nc2ccc(SC(C)C(=O)NC3=NN(c4ccccc4)C(=O)C3)cc2)cc1. The van der Waals surface area contributed by atoms with Crippen molar-refractivity contribution < 1.29 is 19.2 Å². The minimum absolute atomic E-state index is 0.0125. The van der Waals surface area contributed by atoms with Gasteiger partial charge in [0.25, 0.3) is 17.7 Å². The molecule has 0 aliphatic carbocycles. The van der Waals surface area contributed by atoms with E-state index in [-0.39, 0.29) is 23.9 Å². The predicted molar refractivity (Wildman–Crippen MR) is 178 cm³/mol. The van der Waals surface area contributed by atoms with Crippen LogP contribution in [0.1, 0.15) is 34.8 Å². The number of hydrazone groups is 1. The van der Waals surface area contributed by atoms with Crippen LogP contribution in [0.2, 0.25) is 0 Å². The molecule has 0 spiro atoms. The Morgan fingerprint density at radius 1 is 0.844 bits per heavy atom. The number of benzene rings is 4. The second-order valence-electron chi connectivity index (χ2n) is 10.3. The number of thioether (sulfide) groups is 1. The fourth-order valence-electron chi connectivity index (χ4n) is 4.36. The van der Waals surface area contributed by atoms with E-state index in [1.54, 1.807) is 73.7 Å². The van der Waals surface area contributed by atoms with E-state index in [1.165, 1.54) is 16.8 Å². The van der Waals surface area contributed by atoms with Crippen LogP contribution in [-0.2, 0) is 14.4 Å². The lowest BCUT2D eigenvalue weighted by molar-refractivity contribution is -0.119. The first-order valence-corrected chi connectivity index (χ1v) is 15.1. The zero-order chi connectivity index (χ0) is 31.8. The number of aryl methyl sites for hydroxylation is 1. The maximum Gasteiger partial charge on any atom is 0.272 e. The number of carbonyl (C=O) groups is 4. The molecule has 0 saturated heterocycles. The van der Waals surface area contributed by atoms with Gasteiger partial charge in [-0.25, -0.2) is 0 Å². The summed E-state index contributed by atoms with van der Waals surface area (Å²) in [5, 5.41) is 13.4. The van der Waals surface area contributed by atoms with Crippen molar-refractivity contribution in [1.82, 2.24) is 10.6 Å². The average molecular weight is 618 g/mol. The summed E-state index contributed by atoms with van der Waals surface area (Å²) in [6.45, 7) is 3.74. The van der Waals surface area contributed by atoms with E-state index in [0.717, 1.165) is 16.0 Å². The molecule has 1 unspecified atom stereocenters. The minimum atomic E-state index is -0.482. The lowest BCUT2D eigenvalue weighted by Crippen LogP contribution is -2.35. The van der Waals surface area contributed by atoms with Gasteiger partial charge in [-0.2, -0.15) is 10.1 Å². The van der Waals surface area contributed by atoms with Crippen LogP contribution in [0.25, 0.3) is 6.08 Å². The third kappa shape index (κ3) is 8.33. The van der Waals surface area contributed by atoms with E-state index in [2.05, 4.69) is 21.1 Å². The number of amides is 4. The molecule has 4 aromatic rings. The number of amidine groups is 1. The summed E-state index contributed by atoms with van der Waals surface area (Å²) < 4.78 is 0. The molecule has 0 aromatic heterocycles. The van der Waals surface area contributed by atoms with Crippen LogP contribution >= 0.6 is 11.8 Å². The average Bonchev–Trinajstić information content (AvgIpc) is 3.42. The molecule has 226 valence electrons. The molecule has 10 heteroatoms. The number of nitrogens with zero attached hydrogens (tertiary/aromatic N) is 2. The topological polar surface area (TPSA) is 120 Å². The number of para-hydroxylation sites is 1. The Balaban J connectivity index is 1.21. The summed E-state index contributed by atoms with van der Waals surface area (Å²) in [6, 6.07) is 32.4. The molecule has 0 radical (unpaired) electrons. The number of carbonyl (C=O) groups excluding carboxylic acids is 4. The highest BCUT2D eigenvalue weighted by Gasteiger charge is 2.27. The molecule has 1 heterocycles. The number of hydrogen-bond acceptors (Lipinski definition) is 6. The lowest BCUT2D eigenvalue weighted by atomic mass is 10.1. The summed E-state index contributed by atoms with van der Waals surface area (Å²) in [4.78, 5) is 52.2. The van der Waals surface area contributed by atoms with Crippen LogP contribution in [0.15, 0.2) is 125 Å². The van der Waals surface area contributed by atoms with Crippen LogP contribution in [-0.4, -0.2) is 34.7 Å². The standard InChI is InChI=1S/C35H31N5O4S/c1-23-13-15-25(16-14-23)21-30(37-34(43)26-9-5-3-6-10-26)35(44)36-27-17-19-29(20-18-27)45-24(2)33(42)38-31-22-32(41)40(39-31)28-11-7-4-8-12-28/h3-21,24H,22H2,1-2H3,(H,36,44)(H,37,43)(H,38,39,42)/b30-21-. The predicted octanol–water partition coefficient (Wildman–Crippen LogP) is 5.75. The van der Waals surface area contributed by atoms with Gasteiger partial charge >= 0.3 is 0 Å². The van der Waals surface area contributed by atoms with Crippen molar-refractivity contribution in [2.24, 2.45) is 5.10 Å². The maximum absolute atomic E-state index is 13.3. The van der Waals surface area contributed by atoms with Gasteiger partial charge in [-0.05, 0) is 74.0 Å². The van der Waals surface area contributed by atoms with Crippen LogP contribution in [0.4, 0.5) is 11.4 Å². The molecule has 0 fully saturated rings. The Kier molecular flexibility index (Phi) is 9.86. The number of rotatable bonds is 9. The molecule has 1 aliphatic rings.